The lowest BCUT2D eigenvalue weighted by molar-refractivity contribution is -0.137. The van der Waals surface area contributed by atoms with Gasteiger partial charge < -0.3 is 15.5 Å². The first-order chi connectivity index (χ1) is 15.8. The number of carbonyl (C=O) groups excluding carboxylic acids is 2. The monoisotopic (exact) mass is 481 g/mol. The number of aromatic nitrogens is 2. The number of amides is 2. The van der Waals surface area contributed by atoms with Gasteiger partial charge in [0.2, 0.25) is 11.8 Å². The van der Waals surface area contributed by atoms with Crippen LogP contribution in [0.25, 0.3) is 0 Å². The number of carbonyl (C=O) groups is 2. The molecule has 0 spiro atoms. The molecule has 7 nitrogen and oxygen atoms in total. The average molecular weight is 482 g/mol. The van der Waals surface area contributed by atoms with E-state index in [-0.39, 0.29) is 23.3 Å². The number of anilines is 2. The van der Waals surface area contributed by atoms with E-state index in [0.717, 1.165) is 49.7 Å². The highest BCUT2D eigenvalue weighted by molar-refractivity contribution is 7.99. The molecule has 1 fully saturated rings. The van der Waals surface area contributed by atoms with Crippen molar-refractivity contribution >= 4 is 35.1 Å². The van der Waals surface area contributed by atoms with Gasteiger partial charge in [0, 0.05) is 25.3 Å². The molecule has 178 valence electrons. The Hall–Kier alpha value is -2.82. The molecule has 1 aromatic carbocycles. The summed E-state index contributed by atoms with van der Waals surface area (Å²) in [6, 6.07) is 8.03. The van der Waals surface area contributed by atoms with Crippen molar-refractivity contribution in [2.45, 2.75) is 37.4 Å². The largest absolute Gasteiger partial charge is 0.416 e. The van der Waals surface area contributed by atoms with Crippen LogP contribution in [0.15, 0.2) is 41.4 Å². The molecular weight excluding hydrogens is 455 g/mol. The molecule has 1 aliphatic heterocycles. The van der Waals surface area contributed by atoms with Gasteiger partial charge >= 0.3 is 6.18 Å². The lowest BCUT2D eigenvalue weighted by Gasteiger charge is -2.32. The first kappa shape index (κ1) is 24.8. The fraction of sp³-hybridized carbons (Fsp3) is 0.455. The maximum Gasteiger partial charge on any atom is 0.416 e. The predicted molar refractivity (Wildman–Crippen MR) is 121 cm³/mol. The van der Waals surface area contributed by atoms with Gasteiger partial charge in [-0.25, -0.2) is 0 Å². The van der Waals surface area contributed by atoms with Gasteiger partial charge in [-0.2, -0.15) is 13.2 Å². The van der Waals surface area contributed by atoms with E-state index in [1.165, 1.54) is 12.1 Å². The third-order valence-electron chi connectivity index (χ3n) is 5.12. The van der Waals surface area contributed by atoms with Gasteiger partial charge in [-0.1, -0.05) is 24.8 Å². The molecule has 0 saturated carbocycles. The third kappa shape index (κ3) is 7.34. The molecule has 2 heterocycles. The highest BCUT2D eigenvalue weighted by Gasteiger charge is 2.30. The van der Waals surface area contributed by atoms with Gasteiger partial charge in [0.05, 0.1) is 17.2 Å². The summed E-state index contributed by atoms with van der Waals surface area (Å²) in [5.41, 5.74) is -0.739. The van der Waals surface area contributed by atoms with Crippen LogP contribution in [0.4, 0.5) is 24.7 Å². The normalized spacial score (nSPS) is 16.4. The smallest absolute Gasteiger partial charge is 0.356 e. The van der Waals surface area contributed by atoms with Crippen molar-refractivity contribution < 1.29 is 22.8 Å². The number of hydrogen-bond donors (Lipinski definition) is 2. The topological polar surface area (TPSA) is 87.2 Å². The van der Waals surface area contributed by atoms with Crippen molar-refractivity contribution in [1.29, 1.82) is 0 Å². The summed E-state index contributed by atoms with van der Waals surface area (Å²) in [6.07, 6.45) is -1.85. The maximum atomic E-state index is 12.8. The zero-order chi connectivity index (χ0) is 23.8. The van der Waals surface area contributed by atoms with Crippen LogP contribution < -0.4 is 15.5 Å². The number of piperidine rings is 1. The molecule has 3 rings (SSSR count). The van der Waals surface area contributed by atoms with Gasteiger partial charge in [0.1, 0.15) is 5.03 Å². The summed E-state index contributed by atoms with van der Waals surface area (Å²) < 4.78 is 38.4. The van der Waals surface area contributed by atoms with E-state index < -0.39 is 17.6 Å². The molecule has 0 aliphatic carbocycles. The predicted octanol–water partition coefficient (Wildman–Crippen LogP) is 3.97. The molecule has 11 heteroatoms. The molecule has 2 N–H and O–H groups in total. The van der Waals surface area contributed by atoms with Crippen molar-refractivity contribution in [2.75, 3.05) is 35.6 Å². The highest BCUT2D eigenvalue weighted by atomic mass is 32.2. The van der Waals surface area contributed by atoms with E-state index in [2.05, 4.69) is 20.8 Å². The number of thioether (sulfide) groups is 1. The Bertz CT molecular complexity index is 956. The Morgan fingerprint density at radius 3 is 2.73 bits per heavy atom. The average Bonchev–Trinajstić information content (AvgIpc) is 2.81. The van der Waals surface area contributed by atoms with E-state index in [1.54, 1.807) is 12.1 Å². The molecule has 33 heavy (non-hydrogen) atoms. The number of hydrogen-bond acceptors (Lipinski definition) is 6. The molecule has 0 bridgehead atoms. The Labute approximate surface area is 194 Å². The fourth-order valence-corrected chi connectivity index (χ4v) is 4.07. The Morgan fingerprint density at radius 2 is 2.03 bits per heavy atom. The minimum Gasteiger partial charge on any atom is -0.356 e. The van der Waals surface area contributed by atoms with Crippen molar-refractivity contribution in [3.05, 3.63) is 42.0 Å². The summed E-state index contributed by atoms with van der Waals surface area (Å²) in [7, 11) is 0. The third-order valence-corrected chi connectivity index (χ3v) is 6.04. The summed E-state index contributed by atoms with van der Waals surface area (Å²) >= 11 is 1.14. The summed E-state index contributed by atoms with van der Waals surface area (Å²) in [6.45, 7) is 4.05. The van der Waals surface area contributed by atoms with Gasteiger partial charge in [-0.15, -0.1) is 10.2 Å². The minimum absolute atomic E-state index is 0.0202. The van der Waals surface area contributed by atoms with E-state index in [1.807, 2.05) is 11.8 Å². The second-order valence-corrected chi connectivity index (χ2v) is 8.72. The van der Waals surface area contributed by atoms with Crippen molar-refractivity contribution in [3.63, 3.8) is 0 Å². The molecule has 1 aromatic heterocycles. The molecule has 1 unspecified atom stereocenters. The zero-order valence-corrected chi connectivity index (χ0v) is 19.0. The standard InChI is InChI=1S/C22H26F3N5O2S/c1-2-10-26-21(32)15-5-4-11-30(13-15)18-8-9-20(29-28-18)33-14-19(31)27-17-7-3-6-16(12-17)22(23,24)25/h3,6-9,12,15H,2,4-5,10-11,13-14H2,1H3,(H,26,32)(H,27,31). The van der Waals surface area contributed by atoms with Crippen LogP contribution in [0, 0.1) is 5.92 Å². The second kappa shape index (κ2) is 11.4. The number of nitrogens with one attached hydrogen (secondary N) is 2. The van der Waals surface area contributed by atoms with E-state index in [9.17, 15) is 22.8 Å². The van der Waals surface area contributed by atoms with E-state index in [0.29, 0.717) is 23.9 Å². The number of halogens is 3. The summed E-state index contributed by atoms with van der Waals surface area (Å²) in [5.74, 6) is 0.185. The Kier molecular flexibility index (Phi) is 8.54. The molecule has 2 aromatic rings. The van der Waals surface area contributed by atoms with Gasteiger partial charge in [0.25, 0.3) is 0 Å². The zero-order valence-electron chi connectivity index (χ0n) is 18.2. The van der Waals surface area contributed by atoms with Gasteiger partial charge in [0.15, 0.2) is 5.82 Å². The van der Waals surface area contributed by atoms with Crippen LogP contribution in [0.5, 0.6) is 0 Å². The van der Waals surface area contributed by atoms with Crippen molar-refractivity contribution in [1.82, 2.24) is 15.5 Å². The second-order valence-electron chi connectivity index (χ2n) is 7.72. The lowest BCUT2D eigenvalue weighted by atomic mass is 9.97. The van der Waals surface area contributed by atoms with Crippen LogP contribution in [0.2, 0.25) is 0 Å². The van der Waals surface area contributed by atoms with Crippen molar-refractivity contribution in [3.8, 4) is 0 Å². The molecule has 1 saturated heterocycles. The van der Waals surface area contributed by atoms with Gasteiger partial charge in [-0.05, 0) is 49.6 Å². The first-order valence-electron chi connectivity index (χ1n) is 10.7. The Morgan fingerprint density at radius 1 is 1.21 bits per heavy atom. The fourth-order valence-electron chi connectivity index (χ4n) is 3.46. The molecular formula is C22H26F3N5O2S. The van der Waals surface area contributed by atoms with Gasteiger partial charge in [-0.3, -0.25) is 9.59 Å². The van der Waals surface area contributed by atoms with E-state index >= 15 is 0 Å². The summed E-state index contributed by atoms with van der Waals surface area (Å²) in [4.78, 5) is 26.4. The molecule has 0 radical (unpaired) electrons. The number of rotatable bonds is 8. The number of alkyl halides is 3. The number of nitrogens with zero attached hydrogens (tertiary/aromatic N) is 3. The lowest BCUT2D eigenvalue weighted by Crippen LogP contribution is -2.43. The van der Waals surface area contributed by atoms with Crippen LogP contribution in [0.3, 0.4) is 0 Å². The van der Waals surface area contributed by atoms with Crippen molar-refractivity contribution in [2.24, 2.45) is 5.92 Å². The van der Waals surface area contributed by atoms with Crippen LogP contribution >= 0.6 is 11.8 Å². The molecule has 2 amide bonds. The van der Waals surface area contributed by atoms with E-state index in [4.69, 9.17) is 0 Å². The quantitative estimate of drug-likeness (QED) is 0.555. The van der Waals surface area contributed by atoms with Crippen LogP contribution in [-0.4, -0.2) is 47.4 Å². The highest BCUT2D eigenvalue weighted by Crippen LogP contribution is 2.30. The summed E-state index contributed by atoms with van der Waals surface area (Å²) in [5, 5.41) is 14.3. The SMILES string of the molecule is CCCNC(=O)C1CCCN(c2ccc(SCC(=O)Nc3cccc(C(F)(F)F)c3)nn2)C1. The molecule has 1 atom stereocenters. The number of benzene rings is 1. The van der Waals surface area contributed by atoms with Crippen LogP contribution in [0.1, 0.15) is 31.7 Å². The van der Waals surface area contributed by atoms with Crippen LogP contribution in [-0.2, 0) is 15.8 Å². The molecule has 1 aliphatic rings. The first-order valence-corrected chi connectivity index (χ1v) is 11.7. The minimum atomic E-state index is -4.47. The maximum absolute atomic E-state index is 12.8. The Balaban J connectivity index is 1.50.